The molecule has 8 heteroatoms. The topological polar surface area (TPSA) is 96.9 Å². The molecular weight excluding hydrogens is 254 g/mol. The summed E-state index contributed by atoms with van der Waals surface area (Å²) in [5.74, 6) is 0. The maximum Gasteiger partial charge on any atom is 0.315 e. The molecule has 1 heterocycles. The SMILES string of the molecule is CCCCNC(=O)NCC(=O)Sc1ccnnn1. The fourth-order valence-electron chi connectivity index (χ4n) is 1.03. The van der Waals surface area contributed by atoms with E-state index in [2.05, 4.69) is 26.0 Å². The van der Waals surface area contributed by atoms with Crippen molar-refractivity contribution < 1.29 is 9.59 Å². The van der Waals surface area contributed by atoms with E-state index in [1.807, 2.05) is 6.92 Å². The lowest BCUT2D eigenvalue weighted by atomic mass is 10.3. The predicted molar refractivity (Wildman–Crippen MR) is 67.0 cm³/mol. The Morgan fingerprint density at radius 1 is 1.39 bits per heavy atom. The van der Waals surface area contributed by atoms with Gasteiger partial charge in [0.1, 0.15) is 5.03 Å². The highest BCUT2D eigenvalue weighted by molar-refractivity contribution is 8.13. The minimum Gasteiger partial charge on any atom is -0.338 e. The van der Waals surface area contributed by atoms with E-state index in [9.17, 15) is 9.59 Å². The zero-order valence-electron chi connectivity index (χ0n) is 10.0. The highest BCUT2D eigenvalue weighted by Gasteiger charge is 2.08. The molecule has 0 atom stereocenters. The molecule has 18 heavy (non-hydrogen) atoms. The molecule has 0 saturated heterocycles. The van der Waals surface area contributed by atoms with Crippen LogP contribution in [0.5, 0.6) is 0 Å². The van der Waals surface area contributed by atoms with Crippen LogP contribution >= 0.6 is 11.8 Å². The van der Waals surface area contributed by atoms with Crippen LogP contribution in [0.3, 0.4) is 0 Å². The number of urea groups is 1. The van der Waals surface area contributed by atoms with Crippen molar-refractivity contribution in [2.75, 3.05) is 13.1 Å². The number of aromatic nitrogens is 3. The summed E-state index contributed by atoms with van der Waals surface area (Å²) >= 11 is 0.919. The lowest BCUT2D eigenvalue weighted by molar-refractivity contribution is -0.110. The number of unbranched alkanes of at least 4 members (excludes halogenated alkanes) is 1. The van der Waals surface area contributed by atoms with Crippen molar-refractivity contribution in [1.82, 2.24) is 26.0 Å². The van der Waals surface area contributed by atoms with Crippen molar-refractivity contribution in [2.45, 2.75) is 24.8 Å². The third kappa shape index (κ3) is 6.14. The van der Waals surface area contributed by atoms with E-state index in [0.717, 1.165) is 24.6 Å². The van der Waals surface area contributed by atoms with E-state index in [1.54, 1.807) is 6.07 Å². The standard InChI is InChI=1S/C10H15N5O2S/c1-2-3-5-11-10(17)12-7-9(16)18-8-4-6-13-15-14-8/h4,6H,2-3,5,7H2,1H3,(H2,11,12,17). The van der Waals surface area contributed by atoms with Crippen LogP contribution in [-0.4, -0.2) is 39.6 Å². The van der Waals surface area contributed by atoms with Crippen LogP contribution in [-0.2, 0) is 4.79 Å². The molecule has 0 saturated carbocycles. The van der Waals surface area contributed by atoms with Gasteiger partial charge in [0, 0.05) is 6.54 Å². The van der Waals surface area contributed by atoms with Gasteiger partial charge in [-0.2, -0.15) is 0 Å². The average Bonchev–Trinajstić information content (AvgIpc) is 2.38. The largest absolute Gasteiger partial charge is 0.338 e. The van der Waals surface area contributed by atoms with Crippen LogP contribution in [0.15, 0.2) is 17.3 Å². The summed E-state index contributed by atoms with van der Waals surface area (Å²) in [7, 11) is 0. The predicted octanol–water partition coefficient (Wildman–Crippen LogP) is 0.590. The molecule has 1 rings (SSSR count). The molecule has 0 fully saturated rings. The van der Waals surface area contributed by atoms with Gasteiger partial charge in [0.15, 0.2) is 0 Å². The quantitative estimate of drug-likeness (QED) is 0.579. The van der Waals surface area contributed by atoms with Crippen LogP contribution < -0.4 is 10.6 Å². The van der Waals surface area contributed by atoms with Crippen LogP contribution in [0, 0.1) is 0 Å². The fraction of sp³-hybridized carbons (Fsp3) is 0.500. The third-order valence-corrected chi connectivity index (χ3v) is 2.71. The average molecular weight is 269 g/mol. The van der Waals surface area contributed by atoms with Crippen molar-refractivity contribution in [3.05, 3.63) is 12.3 Å². The summed E-state index contributed by atoms with van der Waals surface area (Å²) in [4.78, 5) is 22.7. The van der Waals surface area contributed by atoms with Gasteiger partial charge in [-0.05, 0) is 29.5 Å². The molecule has 0 aliphatic carbocycles. The minimum atomic E-state index is -0.335. The first-order chi connectivity index (χ1) is 8.72. The van der Waals surface area contributed by atoms with Crippen molar-refractivity contribution in [3.63, 3.8) is 0 Å². The second-order valence-corrected chi connectivity index (χ2v) is 4.47. The van der Waals surface area contributed by atoms with Gasteiger partial charge in [-0.15, -0.1) is 10.2 Å². The number of hydrogen-bond acceptors (Lipinski definition) is 6. The summed E-state index contributed by atoms with van der Waals surface area (Å²) in [6.45, 7) is 2.60. The molecule has 0 spiro atoms. The van der Waals surface area contributed by atoms with Crippen molar-refractivity contribution in [2.24, 2.45) is 0 Å². The Balaban J connectivity index is 2.19. The highest BCUT2D eigenvalue weighted by Crippen LogP contribution is 2.12. The van der Waals surface area contributed by atoms with Crippen LogP contribution in [0.1, 0.15) is 19.8 Å². The normalized spacial score (nSPS) is 9.83. The molecule has 2 amide bonds. The molecular formula is C10H15N5O2S. The monoisotopic (exact) mass is 269 g/mol. The van der Waals surface area contributed by atoms with Gasteiger partial charge in [-0.1, -0.05) is 13.3 Å². The Morgan fingerprint density at radius 3 is 2.89 bits per heavy atom. The van der Waals surface area contributed by atoms with Gasteiger partial charge in [-0.3, -0.25) is 4.79 Å². The second-order valence-electron chi connectivity index (χ2n) is 3.40. The number of rotatable bonds is 6. The number of nitrogens with zero attached hydrogens (tertiary/aromatic N) is 3. The first kappa shape index (κ1) is 14.4. The lowest BCUT2D eigenvalue weighted by Crippen LogP contribution is -2.38. The summed E-state index contributed by atoms with van der Waals surface area (Å²) < 4.78 is 0. The van der Waals surface area contributed by atoms with Crippen LogP contribution in [0.4, 0.5) is 4.79 Å². The van der Waals surface area contributed by atoms with E-state index in [-0.39, 0.29) is 17.7 Å². The van der Waals surface area contributed by atoms with E-state index in [0.29, 0.717) is 11.6 Å². The highest BCUT2D eigenvalue weighted by atomic mass is 32.2. The number of thioether (sulfide) groups is 1. The first-order valence-corrected chi connectivity index (χ1v) is 6.40. The molecule has 0 aliphatic rings. The van der Waals surface area contributed by atoms with Gasteiger partial charge >= 0.3 is 6.03 Å². The van der Waals surface area contributed by atoms with Crippen LogP contribution in [0.25, 0.3) is 0 Å². The Bertz CT molecular complexity index is 387. The van der Waals surface area contributed by atoms with Crippen molar-refractivity contribution >= 4 is 22.9 Å². The van der Waals surface area contributed by atoms with Crippen molar-refractivity contribution in [1.29, 1.82) is 0 Å². The molecule has 0 aliphatic heterocycles. The minimum absolute atomic E-state index is 0.0490. The first-order valence-electron chi connectivity index (χ1n) is 5.59. The number of carbonyl (C=O) groups is 2. The smallest absolute Gasteiger partial charge is 0.315 e. The van der Waals surface area contributed by atoms with Gasteiger partial charge in [0.25, 0.3) is 0 Å². The number of amides is 2. The van der Waals surface area contributed by atoms with E-state index < -0.39 is 0 Å². The molecule has 0 radical (unpaired) electrons. The van der Waals surface area contributed by atoms with Gasteiger partial charge < -0.3 is 10.6 Å². The van der Waals surface area contributed by atoms with E-state index in [4.69, 9.17) is 0 Å². The Morgan fingerprint density at radius 2 is 2.22 bits per heavy atom. The summed E-state index contributed by atoms with van der Waals surface area (Å²) in [5.41, 5.74) is 0. The molecule has 0 aromatic carbocycles. The molecule has 98 valence electrons. The zero-order valence-corrected chi connectivity index (χ0v) is 10.9. The summed E-state index contributed by atoms with van der Waals surface area (Å²) in [6, 6.07) is 1.25. The summed E-state index contributed by atoms with van der Waals surface area (Å²) in [5, 5.41) is 16.0. The van der Waals surface area contributed by atoms with Crippen LogP contribution in [0.2, 0.25) is 0 Å². The van der Waals surface area contributed by atoms with Crippen molar-refractivity contribution in [3.8, 4) is 0 Å². The van der Waals surface area contributed by atoms with Gasteiger partial charge in [0.05, 0.1) is 12.7 Å². The Hall–Kier alpha value is -1.70. The molecule has 7 nitrogen and oxygen atoms in total. The Kier molecular flexibility index (Phi) is 6.70. The van der Waals surface area contributed by atoms with E-state index >= 15 is 0 Å². The second kappa shape index (κ2) is 8.40. The molecule has 2 N–H and O–H groups in total. The molecule has 0 unspecified atom stereocenters. The maximum atomic E-state index is 11.5. The number of nitrogens with one attached hydrogen (secondary N) is 2. The number of hydrogen-bond donors (Lipinski definition) is 2. The summed E-state index contributed by atoms with van der Waals surface area (Å²) in [6.07, 6.45) is 3.38. The molecule has 0 bridgehead atoms. The Labute approximate surface area is 109 Å². The van der Waals surface area contributed by atoms with Gasteiger partial charge in [-0.25, -0.2) is 4.79 Å². The fourth-order valence-corrected chi connectivity index (χ4v) is 1.61. The maximum absolute atomic E-state index is 11.5. The third-order valence-electron chi connectivity index (χ3n) is 1.91. The van der Waals surface area contributed by atoms with Gasteiger partial charge in [0.2, 0.25) is 5.12 Å². The lowest BCUT2D eigenvalue weighted by Gasteiger charge is -2.05. The van der Waals surface area contributed by atoms with E-state index in [1.165, 1.54) is 6.20 Å². The molecule has 1 aromatic heterocycles. The number of carbonyl (C=O) groups excluding carboxylic acids is 2. The zero-order chi connectivity index (χ0) is 13.2. The molecule has 1 aromatic rings.